The van der Waals surface area contributed by atoms with Gasteiger partial charge in [0.1, 0.15) is 11.7 Å². The first kappa shape index (κ1) is 17.6. The molecule has 0 radical (unpaired) electrons. The van der Waals surface area contributed by atoms with Crippen LogP contribution in [0.25, 0.3) is 0 Å². The zero-order valence-electron chi connectivity index (χ0n) is 14.9. The molecule has 0 aromatic rings. The van der Waals surface area contributed by atoms with Crippen molar-refractivity contribution in [3.63, 3.8) is 0 Å². The van der Waals surface area contributed by atoms with Crippen LogP contribution in [-0.2, 0) is 14.3 Å². The van der Waals surface area contributed by atoms with Crippen LogP contribution >= 0.6 is 0 Å². The van der Waals surface area contributed by atoms with Crippen molar-refractivity contribution in [2.45, 2.75) is 70.9 Å². The molecule has 0 aromatic carbocycles. The monoisotopic (exact) mass is 336 g/mol. The van der Waals surface area contributed by atoms with Gasteiger partial charge in [0.25, 0.3) is 0 Å². The fourth-order valence-corrected chi connectivity index (χ4v) is 5.06. The molecule has 0 spiro atoms. The van der Waals surface area contributed by atoms with Gasteiger partial charge in [-0.05, 0) is 26.7 Å². The van der Waals surface area contributed by atoms with Gasteiger partial charge in [0, 0.05) is 23.3 Å². The Kier molecular flexibility index (Phi) is 4.18. The van der Waals surface area contributed by atoms with Gasteiger partial charge >= 0.3 is 5.97 Å². The fraction of sp³-hybridized carbons (Fsp3) is 0.737. The molecule has 1 aliphatic heterocycles. The van der Waals surface area contributed by atoms with Crippen molar-refractivity contribution < 1.29 is 24.5 Å². The summed E-state index contributed by atoms with van der Waals surface area (Å²) in [5.41, 5.74) is -1.34. The van der Waals surface area contributed by atoms with E-state index in [9.17, 15) is 15.0 Å². The Bertz CT molecular complexity index is 597. The van der Waals surface area contributed by atoms with E-state index < -0.39 is 41.2 Å². The molecular weight excluding hydrogens is 308 g/mol. The van der Waals surface area contributed by atoms with Crippen molar-refractivity contribution in [3.8, 4) is 0 Å². The van der Waals surface area contributed by atoms with Crippen molar-refractivity contribution in [3.05, 3.63) is 23.8 Å². The molecule has 2 fully saturated rings. The molecule has 1 saturated heterocycles. The Labute approximate surface area is 143 Å². The average molecular weight is 336 g/mol. The van der Waals surface area contributed by atoms with E-state index in [-0.39, 0.29) is 6.10 Å². The lowest BCUT2D eigenvalue weighted by Gasteiger charge is -2.61. The summed E-state index contributed by atoms with van der Waals surface area (Å²) >= 11 is 0. The highest BCUT2D eigenvalue weighted by atomic mass is 16.6. The Balaban J connectivity index is 2.06. The minimum absolute atomic E-state index is 0.140. The lowest BCUT2D eigenvalue weighted by molar-refractivity contribution is -0.285. The van der Waals surface area contributed by atoms with Crippen LogP contribution in [0.1, 0.15) is 47.0 Å². The summed E-state index contributed by atoms with van der Waals surface area (Å²) in [6, 6.07) is 0. The third kappa shape index (κ3) is 2.07. The van der Waals surface area contributed by atoms with Crippen LogP contribution in [0.3, 0.4) is 0 Å². The molecule has 3 rings (SSSR count). The number of aliphatic hydroxyl groups is 2. The maximum absolute atomic E-state index is 12.0. The van der Waals surface area contributed by atoms with Crippen LogP contribution in [0.4, 0.5) is 0 Å². The van der Waals surface area contributed by atoms with E-state index in [0.29, 0.717) is 6.42 Å². The predicted molar refractivity (Wildman–Crippen MR) is 89.2 cm³/mol. The summed E-state index contributed by atoms with van der Waals surface area (Å²) in [5, 5.41) is 21.3. The van der Waals surface area contributed by atoms with Crippen LogP contribution in [-0.4, -0.2) is 46.7 Å². The number of hydrogen-bond donors (Lipinski definition) is 2. The van der Waals surface area contributed by atoms with Gasteiger partial charge in [0.05, 0.1) is 18.8 Å². The van der Waals surface area contributed by atoms with Gasteiger partial charge in [-0.25, -0.2) is 4.79 Å². The third-order valence-electron chi connectivity index (χ3n) is 6.91. The van der Waals surface area contributed by atoms with E-state index in [1.165, 1.54) is 11.6 Å². The van der Waals surface area contributed by atoms with E-state index >= 15 is 0 Å². The highest BCUT2D eigenvalue weighted by Gasteiger charge is 2.75. The highest BCUT2D eigenvalue weighted by molar-refractivity contribution is 5.82. The molecule has 24 heavy (non-hydrogen) atoms. The average Bonchev–Trinajstić information content (AvgIpc) is 2.68. The Hall–Kier alpha value is -1.17. The van der Waals surface area contributed by atoms with Gasteiger partial charge in [-0.15, -0.1) is 0 Å². The number of carbonyl (C=O) groups is 1. The van der Waals surface area contributed by atoms with Crippen molar-refractivity contribution >= 4 is 5.97 Å². The van der Waals surface area contributed by atoms with Gasteiger partial charge in [-0.3, -0.25) is 0 Å². The zero-order valence-corrected chi connectivity index (χ0v) is 14.9. The number of allylic oxidation sites excluding steroid dienone is 2. The van der Waals surface area contributed by atoms with E-state index in [2.05, 4.69) is 19.9 Å². The summed E-state index contributed by atoms with van der Waals surface area (Å²) in [6.45, 7) is 7.47. The molecule has 2 N–H and O–H groups in total. The number of carbonyl (C=O) groups excluding carboxylic acids is 1. The van der Waals surface area contributed by atoms with Crippen molar-refractivity contribution in [1.82, 2.24) is 0 Å². The topological polar surface area (TPSA) is 76.0 Å². The summed E-state index contributed by atoms with van der Waals surface area (Å²) in [5.74, 6) is -0.417. The molecular formula is C19H28O5. The van der Waals surface area contributed by atoms with Gasteiger partial charge in [0.15, 0.2) is 0 Å². The second-order valence-corrected chi connectivity index (χ2v) is 7.92. The molecule has 3 aliphatic rings. The quantitative estimate of drug-likeness (QED) is 0.469. The summed E-state index contributed by atoms with van der Waals surface area (Å²) in [4.78, 5) is 12.0. The van der Waals surface area contributed by atoms with Crippen molar-refractivity contribution in [2.75, 3.05) is 6.61 Å². The lowest BCUT2D eigenvalue weighted by atomic mass is 9.51. The molecule has 1 heterocycles. The number of esters is 1. The van der Waals surface area contributed by atoms with E-state index in [1.54, 1.807) is 13.0 Å². The normalized spacial score (nSPS) is 47.4. The Morgan fingerprint density at radius 3 is 2.83 bits per heavy atom. The molecule has 0 amide bonds. The standard InChI is InChI=1S/C19H28O5/c1-5-6-16(21)24-14-10-15-19(22,11-20)18(14,4)17(3)8-7-12(2)9-13(17)23-15/h5-6,9,13-15,20,22H,7-8,10-11H2,1-4H3/b6-5-/t13-,14-,15-,17+,18-,19+/m1/s1. The third-order valence-corrected chi connectivity index (χ3v) is 6.91. The van der Waals surface area contributed by atoms with E-state index in [4.69, 9.17) is 9.47 Å². The predicted octanol–water partition coefficient (Wildman–Crippen LogP) is 2.12. The number of hydrogen-bond acceptors (Lipinski definition) is 5. The molecule has 2 aliphatic carbocycles. The minimum atomic E-state index is -1.42. The summed E-state index contributed by atoms with van der Waals surface area (Å²) in [6.07, 6.45) is 6.10. The second kappa shape index (κ2) is 5.68. The van der Waals surface area contributed by atoms with Crippen LogP contribution in [0, 0.1) is 10.8 Å². The fourth-order valence-electron chi connectivity index (χ4n) is 5.06. The molecule has 5 nitrogen and oxygen atoms in total. The first-order chi connectivity index (χ1) is 11.2. The maximum atomic E-state index is 12.0. The number of ether oxygens (including phenoxy) is 2. The van der Waals surface area contributed by atoms with E-state index in [0.717, 1.165) is 12.8 Å². The SMILES string of the molecule is C/C=C\C(=O)O[C@@H]1C[C@H]2O[C@@H]3C=C(C)CC[C@]3(C)[C@]1(C)[C@]2(O)CO. The molecule has 6 atom stereocenters. The van der Waals surface area contributed by atoms with Gasteiger partial charge in [-0.2, -0.15) is 0 Å². The molecule has 2 bridgehead atoms. The second-order valence-electron chi connectivity index (χ2n) is 7.92. The zero-order chi connectivity index (χ0) is 17.8. The molecule has 5 heteroatoms. The Morgan fingerprint density at radius 2 is 2.21 bits per heavy atom. The lowest BCUT2D eigenvalue weighted by Crippen LogP contribution is -2.69. The molecule has 1 saturated carbocycles. The van der Waals surface area contributed by atoms with Gasteiger partial charge in [0.2, 0.25) is 0 Å². The number of aliphatic hydroxyl groups excluding tert-OH is 1. The molecule has 0 aromatic heterocycles. The van der Waals surface area contributed by atoms with Crippen molar-refractivity contribution in [1.29, 1.82) is 0 Å². The number of fused-ring (bicyclic) bond motifs is 4. The summed E-state index contributed by atoms with van der Waals surface area (Å²) in [7, 11) is 0. The Morgan fingerprint density at radius 1 is 1.50 bits per heavy atom. The van der Waals surface area contributed by atoms with E-state index in [1.807, 2.05) is 6.92 Å². The maximum Gasteiger partial charge on any atom is 0.330 e. The minimum Gasteiger partial charge on any atom is -0.458 e. The van der Waals surface area contributed by atoms with Crippen molar-refractivity contribution in [2.24, 2.45) is 10.8 Å². The van der Waals surface area contributed by atoms with Crippen LogP contribution in [0.2, 0.25) is 0 Å². The van der Waals surface area contributed by atoms with Gasteiger partial charge in [-0.1, -0.05) is 31.6 Å². The first-order valence-electron chi connectivity index (χ1n) is 8.72. The first-order valence-corrected chi connectivity index (χ1v) is 8.72. The largest absolute Gasteiger partial charge is 0.458 e. The van der Waals surface area contributed by atoms with Crippen LogP contribution < -0.4 is 0 Å². The molecule has 134 valence electrons. The highest BCUT2D eigenvalue weighted by Crippen LogP contribution is 2.66. The van der Waals surface area contributed by atoms with Crippen LogP contribution in [0.15, 0.2) is 23.8 Å². The smallest absolute Gasteiger partial charge is 0.330 e. The summed E-state index contributed by atoms with van der Waals surface area (Å²) < 4.78 is 11.9. The molecule has 0 unspecified atom stereocenters. The van der Waals surface area contributed by atoms with Gasteiger partial charge < -0.3 is 19.7 Å². The number of rotatable bonds is 3. The van der Waals surface area contributed by atoms with Crippen LogP contribution in [0.5, 0.6) is 0 Å².